The Balaban J connectivity index is 1.77. The van der Waals surface area contributed by atoms with Gasteiger partial charge < -0.3 is 5.32 Å². The summed E-state index contributed by atoms with van der Waals surface area (Å²) < 4.78 is 63.6. The zero-order chi connectivity index (χ0) is 23.0. The fourth-order valence-corrected chi connectivity index (χ4v) is 3.69. The minimum absolute atomic E-state index is 0.143. The van der Waals surface area contributed by atoms with Crippen molar-refractivity contribution < 1.29 is 26.4 Å². The lowest BCUT2D eigenvalue weighted by molar-refractivity contribution is -0.140. The third-order valence-corrected chi connectivity index (χ3v) is 5.23. The van der Waals surface area contributed by atoms with Crippen molar-refractivity contribution >= 4 is 32.5 Å². The van der Waals surface area contributed by atoms with Gasteiger partial charge in [0.2, 0.25) is 10.0 Å². The molecular weight excluding hydrogens is 431 g/mol. The predicted octanol–water partition coefficient (Wildman–Crippen LogP) is 4.42. The lowest BCUT2D eigenvalue weighted by atomic mass is 10.0. The van der Waals surface area contributed by atoms with Gasteiger partial charge in [-0.3, -0.25) is 9.52 Å². The molecule has 2 aromatic carbocycles. The second-order valence-corrected chi connectivity index (χ2v) is 8.99. The van der Waals surface area contributed by atoms with Crippen molar-refractivity contribution in [1.29, 1.82) is 0 Å². The van der Waals surface area contributed by atoms with Gasteiger partial charge in [0.25, 0.3) is 5.91 Å². The highest BCUT2D eigenvalue weighted by molar-refractivity contribution is 7.92. The normalized spacial score (nSPS) is 13.1. The number of halogens is 3. The van der Waals surface area contributed by atoms with E-state index in [1.807, 2.05) is 0 Å². The van der Waals surface area contributed by atoms with Gasteiger partial charge in [-0.05, 0) is 55.3 Å². The van der Waals surface area contributed by atoms with Crippen LogP contribution in [-0.4, -0.2) is 25.6 Å². The highest BCUT2D eigenvalue weighted by Crippen LogP contribution is 2.29. The number of carbonyl (C=O) groups excluding carboxylic acids is 1. The van der Waals surface area contributed by atoms with E-state index in [0.29, 0.717) is 16.6 Å². The van der Waals surface area contributed by atoms with E-state index in [1.165, 1.54) is 24.3 Å². The average Bonchev–Trinajstić information content (AvgIpc) is 2.66. The summed E-state index contributed by atoms with van der Waals surface area (Å²) in [5, 5.41) is 3.25. The number of fused-ring (bicyclic) bond motifs is 1. The Labute approximate surface area is 177 Å². The molecule has 0 radical (unpaired) electrons. The topological polar surface area (TPSA) is 88.2 Å². The lowest BCUT2D eigenvalue weighted by Gasteiger charge is -2.17. The van der Waals surface area contributed by atoms with Crippen LogP contribution in [0, 0.1) is 6.92 Å². The zero-order valence-electron chi connectivity index (χ0n) is 16.9. The van der Waals surface area contributed by atoms with Gasteiger partial charge in [-0.2, -0.15) is 13.2 Å². The quantitative estimate of drug-likeness (QED) is 0.601. The number of aryl methyl sites for hydroxylation is 1. The van der Waals surface area contributed by atoms with Gasteiger partial charge in [-0.1, -0.05) is 18.2 Å². The van der Waals surface area contributed by atoms with Crippen LogP contribution in [0.5, 0.6) is 0 Å². The number of aromatic nitrogens is 1. The van der Waals surface area contributed by atoms with E-state index >= 15 is 0 Å². The molecule has 0 fully saturated rings. The summed E-state index contributed by atoms with van der Waals surface area (Å²) in [6, 6.07) is 11.1. The number of alkyl halides is 3. The van der Waals surface area contributed by atoms with E-state index < -0.39 is 27.8 Å². The van der Waals surface area contributed by atoms with Crippen molar-refractivity contribution in [3.63, 3.8) is 0 Å². The molecule has 1 atom stereocenters. The summed E-state index contributed by atoms with van der Waals surface area (Å²) in [6.07, 6.45) is -3.48. The molecule has 0 saturated heterocycles. The molecule has 0 aliphatic carbocycles. The Morgan fingerprint density at radius 2 is 1.77 bits per heavy atom. The smallest absolute Gasteiger partial charge is 0.346 e. The maximum absolute atomic E-state index is 12.8. The number of amides is 1. The SMILES string of the molecule is Cc1cc([C@@H](C)NC(=O)c2ccc3nc(C(F)(F)F)ccc3c2)ccc1NS(C)(=O)=O. The van der Waals surface area contributed by atoms with Gasteiger partial charge in [0.15, 0.2) is 0 Å². The van der Waals surface area contributed by atoms with Gasteiger partial charge in [-0.25, -0.2) is 13.4 Å². The standard InChI is InChI=1S/C21H20F3N3O3S/c1-12-10-14(4-7-17(12)27-31(3,29)30)13(2)25-20(28)16-5-8-18-15(11-16)6-9-19(26-18)21(22,23)24/h4-11,13,27H,1-3H3,(H,25,28)/t13-/m1/s1. The molecule has 1 heterocycles. The molecule has 0 unspecified atom stereocenters. The fraction of sp³-hybridized carbons (Fsp3) is 0.238. The average molecular weight is 451 g/mol. The first-order valence-corrected chi connectivity index (χ1v) is 11.1. The predicted molar refractivity (Wildman–Crippen MR) is 112 cm³/mol. The van der Waals surface area contributed by atoms with Crippen LogP contribution >= 0.6 is 0 Å². The molecule has 31 heavy (non-hydrogen) atoms. The zero-order valence-corrected chi connectivity index (χ0v) is 17.7. The molecule has 0 saturated carbocycles. The van der Waals surface area contributed by atoms with Gasteiger partial charge in [0.05, 0.1) is 23.5 Å². The van der Waals surface area contributed by atoms with Gasteiger partial charge in [-0.15, -0.1) is 0 Å². The summed E-state index contributed by atoms with van der Waals surface area (Å²) >= 11 is 0. The molecule has 164 valence electrons. The molecule has 1 amide bonds. The summed E-state index contributed by atoms with van der Waals surface area (Å²) in [6.45, 7) is 3.52. The molecule has 2 N–H and O–H groups in total. The summed E-state index contributed by atoms with van der Waals surface area (Å²) in [7, 11) is -3.40. The first-order chi connectivity index (χ1) is 14.3. The van der Waals surface area contributed by atoms with Gasteiger partial charge in [0.1, 0.15) is 5.69 Å². The number of sulfonamides is 1. The van der Waals surface area contributed by atoms with Crippen LogP contribution < -0.4 is 10.0 Å². The lowest BCUT2D eigenvalue weighted by Crippen LogP contribution is -2.26. The van der Waals surface area contributed by atoms with E-state index in [0.717, 1.165) is 17.9 Å². The molecule has 1 aromatic heterocycles. The number of pyridine rings is 1. The van der Waals surface area contributed by atoms with Crippen molar-refractivity contribution in [3.8, 4) is 0 Å². The number of carbonyl (C=O) groups is 1. The molecule has 0 aliphatic rings. The van der Waals surface area contributed by atoms with Gasteiger partial charge >= 0.3 is 6.18 Å². The minimum Gasteiger partial charge on any atom is -0.346 e. The summed E-state index contributed by atoms with van der Waals surface area (Å²) in [4.78, 5) is 16.2. The van der Waals surface area contributed by atoms with Crippen LogP contribution in [0.1, 0.15) is 40.1 Å². The molecule has 10 heteroatoms. The molecule has 0 aliphatic heterocycles. The Morgan fingerprint density at radius 3 is 2.39 bits per heavy atom. The second-order valence-electron chi connectivity index (χ2n) is 7.25. The number of benzene rings is 2. The van der Waals surface area contributed by atoms with E-state index in [9.17, 15) is 26.4 Å². The van der Waals surface area contributed by atoms with Crippen LogP contribution in [0.2, 0.25) is 0 Å². The van der Waals surface area contributed by atoms with Crippen molar-refractivity contribution in [2.75, 3.05) is 11.0 Å². The Bertz CT molecular complexity index is 1260. The van der Waals surface area contributed by atoms with Crippen LogP contribution in [0.25, 0.3) is 10.9 Å². The van der Waals surface area contributed by atoms with Crippen molar-refractivity contribution in [3.05, 3.63) is 70.9 Å². The largest absolute Gasteiger partial charge is 0.433 e. The molecule has 3 rings (SSSR count). The van der Waals surface area contributed by atoms with Crippen molar-refractivity contribution in [1.82, 2.24) is 10.3 Å². The maximum Gasteiger partial charge on any atom is 0.433 e. The molecular formula is C21H20F3N3O3S. The third-order valence-electron chi connectivity index (χ3n) is 4.64. The number of anilines is 1. The van der Waals surface area contributed by atoms with Crippen LogP contribution in [0.4, 0.5) is 18.9 Å². The second kappa shape index (κ2) is 8.18. The maximum atomic E-state index is 12.8. The monoisotopic (exact) mass is 451 g/mol. The molecule has 3 aromatic rings. The number of nitrogens with zero attached hydrogens (tertiary/aromatic N) is 1. The highest BCUT2D eigenvalue weighted by Gasteiger charge is 2.32. The van der Waals surface area contributed by atoms with Crippen LogP contribution in [-0.2, 0) is 16.2 Å². The summed E-state index contributed by atoms with van der Waals surface area (Å²) in [5.74, 6) is -0.398. The van der Waals surface area contributed by atoms with E-state index in [2.05, 4.69) is 15.0 Å². The number of hydrogen-bond donors (Lipinski definition) is 2. The van der Waals surface area contributed by atoms with Gasteiger partial charge in [0, 0.05) is 10.9 Å². The molecule has 0 bridgehead atoms. The van der Waals surface area contributed by atoms with Crippen LogP contribution in [0.15, 0.2) is 48.5 Å². The Morgan fingerprint density at radius 1 is 1.06 bits per heavy atom. The van der Waals surface area contributed by atoms with E-state index in [4.69, 9.17) is 0 Å². The first-order valence-electron chi connectivity index (χ1n) is 9.21. The third kappa shape index (κ3) is 5.52. The highest BCUT2D eigenvalue weighted by atomic mass is 32.2. The number of nitrogens with one attached hydrogen (secondary N) is 2. The van der Waals surface area contributed by atoms with E-state index in [-0.39, 0.29) is 17.1 Å². The summed E-state index contributed by atoms with van der Waals surface area (Å²) in [5.41, 5.74) is 1.35. The number of rotatable bonds is 5. The van der Waals surface area contributed by atoms with Crippen LogP contribution in [0.3, 0.4) is 0 Å². The molecule has 6 nitrogen and oxygen atoms in total. The Hall–Kier alpha value is -3.14. The fourth-order valence-electron chi connectivity index (χ4n) is 3.06. The van der Waals surface area contributed by atoms with E-state index in [1.54, 1.807) is 32.0 Å². The first kappa shape index (κ1) is 22.5. The minimum atomic E-state index is -4.54. The Kier molecular flexibility index (Phi) is 5.95. The number of hydrogen-bond acceptors (Lipinski definition) is 4. The van der Waals surface area contributed by atoms with Crippen molar-refractivity contribution in [2.45, 2.75) is 26.1 Å². The van der Waals surface area contributed by atoms with Crippen molar-refractivity contribution in [2.24, 2.45) is 0 Å². The molecule has 0 spiro atoms.